The van der Waals surface area contributed by atoms with Gasteiger partial charge in [0.2, 0.25) is 0 Å². The first kappa shape index (κ1) is 20.0. The zero-order chi connectivity index (χ0) is 20.1. The molecular formula is C22H24N2O3S. The van der Waals surface area contributed by atoms with Crippen LogP contribution in [0.5, 0.6) is 11.5 Å². The van der Waals surface area contributed by atoms with Crippen molar-refractivity contribution < 1.29 is 14.3 Å². The molecule has 3 rings (SSSR count). The predicted octanol–water partition coefficient (Wildman–Crippen LogP) is 4.89. The number of aryl methyl sites for hydroxylation is 1. The molecule has 0 aromatic heterocycles. The van der Waals surface area contributed by atoms with Gasteiger partial charge in [-0.15, -0.1) is 0 Å². The van der Waals surface area contributed by atoms with E-state index in [2.05, 4.69) is 13.0 Å². The number of hydrogen-bond donors (Lipinski definition) is 0. The van der Waals surface area contributed by atoms with Crippen LogP contribution in [0.15, 0.2) is 52.4 Å². The molecule has 0 bridgehead atoms. The number of ether oxygens (including phenoxy) is 2. The minimum absolute atomic E-state index is 0.0508. The molecule has 2 aromatic carbocycles. The van der Waals surface area contributed by atoms with Gasteiger partial charge < -0.3 is 9.47 Å². The summed E-state index contributed by atoms with van der Waals surface area (Å²) in [6, 6.07) is 13.6. The molecule has 1 fully saturated rings. The lowest BCUT2D eigenvalue weighted by molar-refractivity contribution is -0.122. The summed E-state index contributed by atoms with van der Waals surface area (Å²) in [5, 5.41) is 0.696. The molecule has 0 N–H and O–H groups in total. The fourth-order valence-electron chi connectivity index (χ4n) is 3.06. The van der Waals surface area contributed by atoms with E-state index in [-0.39, 0.29) is 5.91 Å². The Balaban J connectivity index is 2.01. The largest absolute Gasteiger partial charge is 0.493 e. The van der Waals surface area contributed by atoms with Crippen LogP contribution >= 0.6 is 11.8 Å². The minimum atomic E-state index is -0.0508. The molecule has 28 heavy (non-hydrogen) atoms. The summed E-state index contributed by atoms with van der Waals surface area (Å²) < 4.78 is 10.8. The Morgan fingerprint density at radius 1 is 1.07 bits per heavy atom. The molecule has 1 aliphatic rings. The van der Waals surface area contributed by atoms with Gasteiger partial charge in [0.25, 0.3) is 5.91 Å². The fourth-order valence-corrected chi connectivity index (χ4v) is 4.11. The number of amidine groups is 1. The number of nitrogens with zero attached hydrogens (tertiary/aromatic N) is 2. The fraction of sp³-hybridized carbons (Fsp3) is 0.273. The van der Waals surface area contributed by atoms with Gasteiger partial charge in [0.05, 0.1) is 24.8 Å². The number of benzene rings is 2. The van der Waals surface area contributed by atoms with Gasteiger partial charge in [-0.05, 0) is 48.9 Å². The Bertz CT molecular complexity index is 937. The number of carbonyl (C=O) groups is 1. The van der Waals surface area contributed by atoms with Crippen LogP contribution in [0.2, 0.25) is 0 Å². The molecule has 0 saturated carbocycles. The SMILES string of the molecule is CCc1ccccc1N=C1S/C(=C/c2cccc(OC)c2OC)C(=O)N1CC. The summed E-state index contributed by atoms with van der Waals surface area (Å²) in [5.74, 6) is 1.19. The van der Waals surface area contributed by atoms with E-state index in [1.165, 1.54) is 11.8 Å². The summed E-state index contributed by atoms with van der Waals surface area (Å²) in [7, 11) is 3.19. The third kappa shape index (κ3) is 3.92. The molecule has 2 aromatic rings. The molecular weight excluding hydrogens is 372 g/mol. The zero-order valence-electron chi connectivity index (χ0n) is 16.6. The topological polar surface area (TPSA) is 51.1 Å². The van der Waals surface area contributed by atoms with E-state index in [0.29, 0.717) is 28.1 Å². The van der Waals surface area contributed by atoms with Crippen LogP contribution in [-0.4, -0.2) is 36.7 Å². The monoisotopic (exact) mass is 396 g/mol. The Hall–Kier alpha value is -2.73. The number of thioether (sulfide) groups is 1. The van der Waals surface area contributed by atoms with Crippen molar-refractivity contribution in [1.29, 1.82) is 0 Å². The maximum atomic E-state index is 12.9. The molecule has 0 aliphatic carbocycles. The maximum absolute atomic E-state index is 12.9. The normalized spacial score (nSPS) is 16.9. The third-order valence-electron chi connectivity index (χ3n) is 4.51. The van der Waals surface area contributed by atoms with Gasteiger partial charge in [0.15, 0.2) is 16.7 Å². The van der Waals surface area contributed by atoms with Gasteiger partial charge in [-0.3, -0.25) is 9.69 Å². The standard InChI is InChI=1S/C22H24N2O3S/c1-5-15-10-7-8-12-17(15)23-22-24(6-2)21(25)19(28-22)14-16-11-9-13-18(26-3)20(16)27-4/h7-14H,5-6H2,1-4H3/b19-14+,23-22?. The molecule has 1 saturated heterocycles. The number of amides is 1. The average Bonchev–Trinajstić information content (AvgIpc) is 3.02. The van der Waals surface area contributed by atoms with Crippen molar-refractivity contribution in [3.05, 3.63) is 58.5 Å². The molecule has 1 aliphatic heterocycles. The van der Waals surface area contributed by atoms with E-state index in [9.17, 15) is 4.79 Å². The first-order valence-corrected chi connectivity index (χ1v) is 10.0. The number of methoxy groups -OCH3 is 2. The summed E-state index contributed by atoms with van der Waals surface area (Å²) in [4.78, 5) is 20.0. The number of likely N-dealkylation sites (N-methyl/N-ethyl adjacent to an activating group) is 1. The highest BCUT2D eigenvalue weighted by atomic mass is 32.2. The Morgan fingerprint density at radius 3 is 2.54 bits per heavy atom. The number of carbonyl (C=O) groups excluding carboxylic acids is 1. The smallest absolute Gasteiger partial charge is 0.266 e. The quantitative estimate of drug-likeness (QED) is 0.653. The van der Waals surface area contributed by atoms with E-state index < -0.39 is 0 Å². The van der Waals surface area contributed by atoms with Gasteiger partial charge in [-0.1, -0.05) is 37.3 Å². The van der Waals surface area contributed by atoms with Crippen molar-refractivity contribution in [2.24, 2.45) is 4.99 Å². The van der Waals surface area contributed by atoms with Crippen molar-refractivity contribution in [2.45, 2.75) is 20.3 Å². The maximum Gasteiger partial charge on any atom is 0.266 e. The lowest BCUT2D eigenvalue weighted by Gasteiger charge is -2.13. The highest BCUT2D eigenvalue weighted by molar-refractivity contribution is 8.18. The lowest BCUT2D eigenvalue weighted by atomic mass is 10.1. The van der Waals surface area contributed by atoms with Crippen LogP contribution in [0.4, 0.5) is 5.69 Å². The van der Waals surface area contributed by atoms with E-state index in [4.69, 9.17) is 14.5 Å². The number of hydrogen-bond acceptors (Lipinski definition) is 5. The molecule has 5 nitrogen and oxygen atoms in total. The molecule has 1 heterocycles. The molecule has 0 radical (unpaired) electrons. The number of para-hydroxylation sites is 2. The molecule has 0 atom stereocenters. The number of aliphatic imine (C=N–C) groups is 1. The van der Waals surface area contributed by atoms with Crippen LogP contribution in [0, 0.1) is 0 Å². The average molecular weight is 397 g/mol. The first-order valence-electron chi connectivity index (χ1n) is 9.21. The van der Waals surface area contributed by atoms with Crippen LogP contribution < -0.4 is 9.47 Å². The van der Waals surface area contributed by atoms with Crippen molar-refractivity contribution >= 4 is 34.6 Å². The van der Waals surface area contributed by atoms with E-state index >= 15 is 0 Å². The Morgan fingerprint density at radius 2 is 1.86 bits per heavy atom. The van der Waals surface area contributed by atoms with Gasteiger partial charge in [-0.25, -0.2) is 4.99 Å². The van der Waals surface area contributed by atoms with Crippen LogP contribution in [0.1, 0.15) is 25.0 Å². The molecule has 0 spiro atoms. The second-order valence-electron chi connectivity index (χ2n) is 6.12. The van der Waals surface area contributed by atoms with Crippen molar-refractivity contribution in [1.82, 2.24) is 4.90 Å². The molecule has 146 valence electrons. The summed E-state index contributed by atoms with van der Waals surface area (Å²) >= 11 is 1.38. The lowest BCUT2D eigenvalue weighted by Crippen LogP contribution is -2.28. The predicted molar refractivity (Wildman–Crippen MR) is 115 cm³/mol. The molecule has 6 heteroatoms. The van der Waals surface area contributed by atoms with Crippen molar-refractivity contribution in [3.63, 3.8) is 0 Å². The Labute approximate surface area is 170 Å². The summed E-state index contributed by atoms with van der Waals surface area (Å²) in [6.45, 7) is 4.62. The van der Waals surface area contributed by atoms with Gasteiger partial charge in [-0.2, -0.15) is 0 Å². The summed E-state index contributed by atoms with van der Waals surface area (Å²) in [5.41, 5.74) is 2.86. The Kier molecular flexibility index (Phi) is 6.41. The molecule has 1 amide bonds. The van der Waals surface area contributed by atoms with Gasteiger partial charge in [0.1, 0.15) is 0 Å². The van der Waals surface area contributed by atoms with Crippen LogP contribution in [0.3, 0.4) is 0 Å². The summed E-state index contributed by atoms with van der Waals surface area (Å²) in [6.07, 6.45) is 2.73. The van der Waals surface area contributed by atoms with E-state index in [0.717, 1.165) is 23.2 Å². The zero-order valence-corrected chi connectivity index (χ0v) is 17.4. The third-order valence-corrected chi connectivity index (χ3v) is 5.52. The van der Waals surface area contributed by atoms with E-state index in [1.807, 2.05) is 49.4 Å². The van der Waals surface area contributed by atoms with Crippen molar-refractivity contribution in [2.75, 3.05) is 20.8 Å². The highest BCUT2D eigenvalue weighted by Crippen LogP contribution is 2.38. The van der Waals surface area contributed by atoms with Gasteiger partial charge >= 0.3 is 0 Å². The second-order valence-corrected chi connectivity index (χ2v) is 7.13. The minimum Gasteiger partial charge on any atom is -0.493 e. The number of rotatable bonds is 6. The van der Waals surface area contributed by atoms with Gasteiger partial charge in [0, 0.05) is 12.1 Å². The first-order chi connectivity index (χ1) is 13.6. The second kappa shape index (κ2) is 8.97. The van der Waals surface area contributed by atoms with Crippen molar-refractivity contribution in [3.8, 4) is 11.5 Å². The molecule has 0 unspecified atom stereocenters. The van der Waals surface area contributed by atoms with Crippen LogP contribution in [-0.2, 0) is 11.2 Å². The highest BCUT2D eigenvalue weighted by Gasteiger charge is 2.32. The van der Waals surface area contributed by atoms with Crippen LogP contribution in [0.25, 0.3) is 6.08 Å². The van der Waals surface area contributed by atoms with E-state index in [1.54, 1.807) is 19.1 Å².